The second kappa shape index (κ2) is 7.02. The second-order valence-corrected chi connectivity index (χ2v) is 8.80. The van der Waals surface area contributed by atoms with Crippen molar-refractivity contribution in [2.24, 2.45) is 4.99 Å². The summed E-state index contributed by atoms with van der Waals surface area (Å²) < 4.78 is 2.83. The van der Waals surface area contributed by atoms with Gasteiger partial charge in [0.2, 0.25) is 5.43 Å². The first-order valence-corrected chi connectivity index (χ1v) is 11.2. The van der Waals surface area contributed by atoms with Gasteiger partial charge >= 0.3 is 0 Å². The van der Waals surface area contributed by atoms with Crippen LogP contribution in [0, 0.1) is 0 Å². The second-order valence-electron chi connectivity index (χ2n) is 6.26. The fraction of sp³-hybridized carbons (Fsp3) is 0. The Bertz CT molecular complexity index is 1430. The third kappa shape index (κ3) is 2.88. The molecular formula is C22H13ClN2OS2. The van der Waals surface area contributed by atoms with Gasteiger partial charge in [-0.15, -0.1) is 0 Å². The normalized spacial score (nSPS) is 12.1. The van der Waals surface area contributed by atoms with Crippen LogP contribution in [-0.2, 0) is 0 Å². The molecule has 2 aromatic heterocycles. The zero-order valence-electron chi connectivity index (χ0n) is 14.5. The third-order valence-electron chi connectivity index (χ3n) is 4.50. The summed E-state index contributed by atoms with van der Waals surface area (Å²) in [6.45, 7) is 0. The van der Waals surface area contributed by atoms with E-state index in [2.05, 4.69) is 4.57 Å². The highest BCUT2D eigenvalue weighted by molar-refractivity contribution is 7.71. The van der Waals surface area contributed by atoms with E-state index in [-0.39, 0.29) is 5.43 Å². The van der Waals surface area contributed by atoms with E-state index in [1.54, 1.807) is 22.5 Å². The topological polar surface area (TPSA) is 34.4 Å². The van der Waals surface area contributed by atoms with Crippen molar-refractivity contribution < 1.29 is 0 Å². The lowest BCUT2D eigenvalue weighted by atomic mass is 10.1. The van der Waals surface area contributed by atoms with E-state index in [9.17, 15) is 4.79 Å². The Balaban J connectivity index is 1.97. The Hall–Kier alpha value is -2.73. The minimum Gasteiger partial charge on any atom is -0.300 e. The van der Waals surface area contributed by atoms with Gasteiger partial charge in [-0.25, -0.2) is 4.99 Å². The van der Waals surface area contributed by atoms with Crippen molar-refractivity contribution in [1.82, 2.24) is 4.57 Å². The van der Waals surface area contributed by atoms with Crippen LogP contribution in [0.1, 0.15) is 0 Å². The molecule has 0 aliphatic carbocycles. The molecule has 0 aliphatic heterocycles. The van der Waals surface area contributed by atoms with Gasteiger partial charge in [-0.1, -0.05) is 68.7 Å². The van der Waals surface area contributed by atoms with Crippen LogP contribution in [0.2, 0.25) is 5.02 Å². The van der Waals surface area contributed by atoms with Gasteiger partial charge in [-0.05, 0) is 42.5 Å². The maximum atomic E-state index is 13.4. The highest BCUT2D eigenvalue weighted by Crippen LogP contribution is 2.29. The van der Waals surface area contributed by atoms with E-state index in [4.69, 9.17) is 16.6 Å². The molecule has 5 aromatic rings. The van der Waals surface area contributed by atoms with E-state index in [1.807, 2.05) is 66.7 Å². The van der Waals surface area contributed by atoms with Crippen molar-refractivity contribution >= 4 is 59.1 Å². The van der Waals surface area contributed by atoms with Crippen LogP contribution >= 0.6 is 32.3 Å². The molecule has 0 N–H and O–H groups in total. The fourth-order valence-corrected chi connectivity index (χ4v) is 5.91. The first-order chi connectivity index (χ1) is 13.7. The number of nitrogens with zero attached hydrogens (tertiary/aromatic N) is 2. The maximum Gasteiger partial charge on any atom is 0.201 e. The molecule has 0 amide bonds. The molecule has 0 spiro atoms. The van der Waals surface area contributed by atoms with Crippen LogP contribution in [-0.4, -0.2) is 4.57 Å². The highest BCUT2D eigenvalue weighted by Gasteiger charge is 2.16. The van der Waals surface area contributed by atoms with Crippen molar-refractivity contribution in [2.45, 2.75) is 0 Å². The number of aromatic nitrogens is 1. The summed E-state index contributed by atoms with van der Waals surface area (Å²) in [5.74, 6) is 0. The Morgan fingerprint density at radius 1 is 0.857 bits per heavy atom. The van der Waals surface area contributed by atoms with E-state index < -0.39 is 0 Å². The average Bonchev–Trinajstić information content (AvgIpc) is 3.13. The predicted molar refractivity (Wildman–Crippen MR) is 119 cm³/mol. The summed E-state index contributed by atoms with van der Waals surface area (Å²) in [5.41, 5.74) is 2.61. The molecule has 3 nitrogen and oxygen atoms in total. The quantitative estimate of drug-likeness (QED) is 0.315. The molecular weight excluding hydrogens is 408 g/mol. The maximum absolute atomic E-state index is 13.4. The van der Waals surface area contributed by atoms with Crippen LogP contribution in [0.25, 0.3) is 26.8 Å². The molecule has 0 bridgehead atoms. The number of para-hydroxylation sites is 2. The summed E-state index contributed by atoms with van der Waals surface area (Å²) in [5, 5.41) is 1.89. The fourth-order valence-electron chi connectivity index (χ4n) is 3.25. The number of halogens is 1. The van der Waals surface area contributed by atoms with Crippen LogP contribution < -0.4 is 10.1 Å². The summed E-state index contributed by atoms with van der Waals surface area (Å²) in [4.78, 5) is 19.0. The van der Waals surface area contributed by atoms with Gasteiger partial charge in [0.05, 0.1) is 16.6 Å². The molecule has 0 atom stereocenters. The summed E-state index contributed by atoms with van der Waals surface area (Å²) in [6, 6.07) is 25.1. The Labute approximate surface area is 172 Å². The van der Waals surface area contributed by atoms with Crippen LogP contribution in [0.3, 0.4) is 0 Å². The monoisotopic (exact) mass is 420 g/mol. The molecule has 0 saturated carbocycles. The third-order valence-corrected chi connectivity index (χ3v) is 7.02. The molecule has 0 unspecified atom stereocenters. The largest absolute Gasteiger partial charge is 0.300 e. The van der Waals surface area contributed by atoms with Crippen molar-refractivity contribution in [3.8, 4) is 5.69 Å². The zero-order chi connectivity index (χ0) is 19.1. The van der Waals surface area contributed by atoms with E-state index >= 15 is 0 Å². The number of hydrogen-bond donors (Lipinski definition) is 0. The number of pyridine rings is 1. The Morgan fingerprint density at radius 2 is 1.57 bits per heavy atom. The standard InChI is InChI=1S/C22H13ClN2OS2/c23-14-11-12-17-18(13-14)25(16-9-5-2-6-10-16)22-19(20(17)26)21(27-28-22)24-15-7-3-1-4-8-15/h1-13H. The summed E-state index contributed by atoms with van der Waals surface area (Å²) in [7, 11) is 3.07. The molecule has 0 fully saturated rings. The minimum atomic E-state index is -0.0129. The molecule has 0 radical (unpaired) electrons. The van der Waals surface area contributed by atoms with Crippen LogP contribution in [0.5, 0.6) is 0 Å². The summed E-state index contributed by atoms with van der Waals surface area (Å²) in [6.07, 6.45) is 0. The smallest absolute Gasteiger partial charge is 0.201 e. The molecule has 136 valence electrons. The first-order valence-electron chi connectivity index (χ1n) is 8.65. The highest BCUT2D eigenvalue weighted by atomic mass is 35.5. The molecule has 3 aromatic carbocycles. The van der Waals surface area contributed by atoms with Gasteiger partial charge in [0.25, 0.3) is 0 Å². The van der Waals surface area contributed by atoms with Gasteiger partial charge < -0.3 is 0 Å². The number of rotatable bonds is 2. The molecule has 5 rings (SSSR count). The predicted octanol–water partition coefficient (Wildman–Crippen LogP) is 6.15. The number of benzene rings is 3. The van der Waals surface area contributed by atoms with E-state index in [1.165, 1.54) is 10.3 Å². The lowest BCUT2D eigenvalue weighted by Gasteiger charge is -2.12. The Kier molecular flexibility index (Phi) is 4.36. The first kappa shape index (κ1) is 17.4. The molecule has 0 aliphatic rings. The van der Waals surface area contributed by atoms with Gasteiger partial charge in [0.15, 0.2) is 0 Å². The van der Waals surface area contributed by atoms with Crippen molar-refractivity contribution in [2.75, 3.05) is 0 Å². The van der Waals surface area contributed by atoms with Crippen LogP contribution in [0.4, 0.5) is 5.69 Å². The molecule has 0 saturated heterocycles. The lowest BCUT2D eigenvalue weighted by molar-refractivity contribution is 1.18. The minimum absolute atomic E-state index is 0.0129. The lowest BCUT2D eigenvalue weighted by Crippen LogP contribution is -2.14. The molecule has 6 heteroatoms. The van der Waals surface area contributed by atoms with Gasteiger partial charge in [0.1, 0.15) is 9.50 Å². The van der Waals surface area contributed by atoms with E-state index in [0.29, 0.717) is 15.8 Å². The van der Waals surface area contributed by atoms with Crippen LogP contribution in [0.15, 0.2) is 88.6 Å². The van der Waals surface area contributed by atoms with Gasteiger partial charge in [-0.3, -0.25) is 9.36 Å². The number of hydrogen-bond acceptors (Lipinski definition) is 4. The number of fused-ring (bicyclic) bond motifs is 2. The van der Waals surface area contributed by atoms with Crippen molar-refractivity contribution in [3.63, 3.8) is 0 Å². The average molecular weight is 421 g/mol. The zero-order valence-corrected chi connectivity index (χ0v) is 16.9. The van der Waals surface area contributed by atoms with E-state index in [0.717, 1.165) is 26.4 Å². The van der Waals surface area contributed by atoms with Crippen molar-refractivity contribution in [1.29, 1.82) is 0 Å². The Morgan fingerprint density at radius 3 is 2.32 bits per heavy atom. The van der Waals surface area contributed by atoms with Gasteiger partial charge in [0, 0.05) is 16.1 Å². The van der Waals surface area contributed by atoms with Gasteiger partial charge in [-0.2, -0.15) is 0 Å². The molecule has 28 heavy (non-hydrogen) atoms. The SMILES string of the molecule is O=c1c2ccc(Cl)cc2n(-c2ccccc2)c2ssc(=Nc3ccccc3)c12. The summed E-state index contributed by atoms with van der Waals surface area (Å²) >= 11 is 6.27. The van der Waals surface area contributed by atoms with Crippen molar-refractivity contribution in [3.05, 3.63) is 98.8 Å². The molecule has 2 heterocycles.